The lowest BCUT2D eigenvalue weighted by Crippen LogP contribution is -2.24. The van der Waals surface area contributed by atoms with Crippen LogP contribution in [-0.2, 0) is 16.4 Å². The van der Waals surface area contributed by atoms with E-state index in [1.165, 1.54) is 11.3 Å². The second kappa shape index (κ2) is 7.83. The SMILES string of the molecule is CCCNCCc1ccc(S(=O)(=O)NCCF)s1. The third-order valence-electron chi connectivity index (χ3n) is 2.26. The fraction of sp³-hybridized carbons (Fsp3) is 0.636. The summed E-state index contributed by atoms with van der Waals surface area (Å²) in [6.45, 7) is 3.03. The minimum atomic E-state index is -3.53. The molecule has 0 bridgehead atoms. The molecule has 7 heteroatoms. The van der Waals surface area contributed by atoms with Crippen molar-refractivity contribution in [3.05, 3.63) is 17.0 Å². The van der Waals surface area contributed by atoms with Gasteiger partial charge >= 0.3 is 0 Å². The molecule has 0 unspecified atom stereocenters. The summed E-state index contributed by atoms with van der Waals surface area (Å²) in [6, 6.07) is 3.38. The molecule has 0 spiro atoms. The molecule has 2 N–H and O–H groups in total. The number of nitrogens with one attached hydrogen (secondary N) is 2. The molecule has 0 saturated heterocycles. The number of thiophene rings is 1. The van der Waals surface area contributed by atoms with E-state index in [-0.39, 0.29) is 10.8 Å². The largest absolute Gasteiger partial charge is 0.316 e. The highest BCUT2D eigenvalue weighted by molar-refractivity contribution is 7.91. The number of rotatable bonds is 9. The molecule has 1 heterocycles. The topological polar surface area (TPSA) is 58.2 Å². The number of hydrogen-bond acceptors (Lipinski definition) is 4. The second-order valence-corrected chi connectivity index (χ2v) is 6.97. The van der Waals surface area contributed by atoms with Gasteiger partial charge in [-0.2, -0.15) is 0 Å². The molecule has 0 amide bonds. The Morgan fingerprint density at radius 2 is 2.06 bits per heavy atom. The molecule has 0 radical (unpaired) electrons. The minimum absolute atomic E-state index is 0.173. The predicted octanol–water partition coefficient (Wildman–Crippen LogP) is 1.54. The average Bonchev–Trinajstić information content (AvgIpc) is 2.82. The summed E-state index contributed by atoms with van der Waals surface area (Å²) >= 11 is 1.24. The second-order valence-electron chi connectivity index (χ2n) is 3.81. The molecule has 18 heavy (non-hydrogen) atoms. The molecular weight excluding hydrogens is 275 g/mol. The van der Waals surface area contributed by atoms with Crippen LogP contribution in [0.25, 0.3) is 0 Å². The van der Waals surface area contributed by atoms with Gasteiger partial charge in [0.25, 0.3) is 0 Å². The van der Waals surface area contributed by atoms with E-state index in [1.807, 2.05) is 6.07 Å². The zero-order valence-corrected chi connectivity index (χ0v) is 12.0. The van der Waals surface area contributed by atoms with Gasteiger partial charge in [-0.05, 0) is 38.1 Å². The summed E-state index contributed by atoms with van der Waals surface area (Å²) in [4.78, 5) is 1.01. The van der Waals surface area contributed by atoms with E-state index in [1.54, 1.807) is 6.07 Å². The van der Waals surface area contributed by atoms with Crippen LogP contribution in [0.5, 0.6) is 0 Å². The first-order valence-corrected chi connectivity index (χ1v) is 8.25. The average molecular weight is 294 g/mol. The minimum Gasteiger partial charge on any atom is -0.316 e. The molecule has 0 aliphatic heterocycles. The van der Waals surface area contributed by atoms with E-state index in [2.05, 4.69) is 17.0 Å². The van der Waals surface area contributed by atoms with Gasteiger partial charge in [-0.25, -0.2) is 17.5 Å². The summed E-state index contributed by atoms with van der Waals surface area (Å²) in [5.41, 5.74) is 0. The van der Waals surface area contributed by atoms with Gasteiger partial charge in [-0.15, -0.1) is 11.3 Å². The van der Waals surface area contributed by atoms with Gasteiger partial charge in [0.05, 0.1) is 0 Å². The van der Waals surface area contributed by atoms with Crippen LogP contribution < -0.4 is 10.0 Å². The molecule has 0 saturated carbocycles. The van der Waals surface area contributed by atoms with Gasteiger partial charge in [0, 0.05) is 11.4 Å². The van der Waals surface area contributed by atoms with Crippen molar-refractivity contribution in [2.45, 2.75) is 24.0 Å². The molecule has 0 aromatic carbocycles. The highest BCUT2D eigenvalue weighted by atomic mass is 32.2. The first-order valence-electron chi connectivity index (χ1n) is 5.95. The molecular formula is C11H19FN2O2S2. The zero-order valence-electron chi connectivity index (χ0n) is 10.4. The Hall–Kier alpha value is -0.500. The van der Waals surface area contributed by atoms with Gasteiger partial charge < -0.3 is 5.32 Å². The first kappa shape index (κ1) is 15.6. The molecule has 104 valence electrons. The Labute approximate surface area is 112 Å². The Balaban J connectivity index is 2.52. The van der Waals surface area contributed by atoms with E-state index in [4.69, 9.17) is 0 Å². The van der Waals surface area contributed by atoms with Crippen LogP contribution in [-0.4, -0.2) is 34.7 Å². The van der Waals surface area contributed by atoms with Gasteiger partial charge in [0.1, 0.15) is 10.9 Å². The highest BCUT2D eigenvalue weighted by Crippen LogP contribution is 2.21. The summed E-state index contributed by atoms with van der Waals surface area (Å²) < 4.78 is 37.8. The van der Waals surface area contributed by atoms with Gasteiger partial charge in [0.2, 0.25) is 10.0 Å². The van der Waals surface area contributed by atoms with Crippen LogP contribution in [0.3, 0.4) is 0 Å². The van der Waals surface area contributed by atoms with Crippen LogP contribution in [0.15, 0.2) is 16.3 Å². The van der Waals surface area contributed by atoms with Crippen LogP contribution in [0.2, 0.25) is 0 Å². The van der Waals surface area contributed by atoms with Crippen molar-refractivity contribution in [1.29, 1.82) is 0 Å². The van der Waals surface area contributed by atoms with Crippen LogP contribution in [0.4, 0.5) is 4.39 Å². The third-order valence-corrected chi connectivity index (χ3v) is 5.36. The summed E-state index contributed by atoms with van der Waals surface area (Å²) in [5.74, 6) is 0. The lowest BCUT2D eigenvalue weighted by molar-refractivity contribution is 0.487. The monoisotopic (exact) mass is 294 g/mol. The molecule has 0 aliphatic rings. The van der Waals surface area contributed by atoms with Crippen molar-refractivity contribution in [2.75, 3.05) is 26.3 Å². The van der Waals surface area contributed by atoms with Gasteiger partial charge in [-0.1, -0.05) is 6.92 Å². The normalized spacial score (nSPS) is 11.9. The molecule has 0 fully saturated rings. The van der Waals surface area contributed by atoms with Crippen LogP contribution in [0, 0.1) is 0 Å². The van der Waals surface area contributed by atoms with Gasteiger partial charge in [0.15, 0.2) is 0 Å². The quantitative estimate of drug-likeness (QED) is 0.679. The van der Waals surface area contributed by atoms with Crippen molar-refractivity contribution in [1.82, 2.24) is 10.0 Å². The number of hydrogen-bond donors (Lipinski definition) is 2. The summed E-state index contributed by atoms with van der Waals surface area (Å²) in [7, 11) is -3.53. The van der Waals surface area contributed by atoms with E-state index >= 15 is 0 Å². The molecule has 0 aliphatic carbocycles. The summed E-state index contributed by atoms with van der Waals surface area (Å²) in [5, 5.41) is 3.26. The fourth-order valence-corrected chi connectivity index (χ4v) is 3.80. The van der Waals surface area contributed by atoms with Crippen LogP contribution >= 0.6 is 11.3 Å². The maximum Gasteiger partial charge on any atom is 0.250 e. The van der Waals surface area contributed by atoms with Crippen molar-refractivity contribution in [3.8, 4) is 0 Å². The maximum absolute atomic E-state index is 12.0. The standard InChI is InChI=1S/C11H19FN2O2S2/c1-2-7-13-8-5-10-3-4-11(17-10)18(15,16)14-9-6-12/h3-4,13-14H,2,5-9H2,1H3. The predicted molar refractivity (Wildman–Crippen MR) is 72.3 cm³/mol. The number of halogens is 1. The Kier molecular flexibility index (Phi) is 6.77. The Bertz CT molecular complexity index is 446. The summed E-state index contributed by atoms with van der Waals surface area (Å²) in [6.07, 6.45) is 1.89. The molecule has 4 nitrogen and oxygen atoms in total. The van der Waals surface area contributed by atoms with Crippen LogP contribution in [0.1, 0.15) is 18.2 Å². The number of alkyl halides is 1. The lowest BCUT2D eigenvalue weighted by Gasteiger charge is -2.02. The Morgan fingerprint density at radius 3 is 2.72 bits per heavy atom. The molecule has 0 atom stereocenters. The molecule has 1 aromatic heterocycles. The lowest BCUT2D eigenvalue weighted by atomic mass is 10.3. The number of sulfonamides is 1. The third kappa shape index (κ3) is 5.01. The maximum atomic E-state index is 12.0. The van der Waals surface area contributed by atoms with Crippen molar-refractivity contribution in [3.63, 3.8) is 0 Å². The molecule has 1 aromatic rings. The smallest absolute Gasteiger partial charge is 0.250 e. The van der Waals surface area contributed by atoms with Gasteiger partial charge in [-0.3, -0.25) is 0 Å². The van der Waals surface area contributed by atoms with E-state index in [0.29, 0.717) is 0 Å². The van der Waals surface area contributed by atoms with Crippen molar-refractivity contribution in [2.24, 2.45) is 0 Å². The van der Waals surface area contributed by atoms with E-state index < -0.39 is 16.7 Å². The Morgan fingerprint density at radius 1 is 1.28 bits per heavy atom. The first-order chi connectivity index (χ1) is 8.60. The van der Waals surface area contributed by atoms with E-state index in [0.717, 1.165) is 30.8 Å². The highest BCUT2D eigenvalue weighted by Gasteiger charge is 2.15. The zero-order chi connectivity index (χ0) is 13.4. The molecule has 1 rings (SSSR count). The van der Waals surface area contributed by atoms with Crippen molar-refractivity contribution < 1.29 is 12.8 Å². The fourth-order valence-electron chi connectivity index (χ4n) is 1.39. The van der Waals surface area contributed by atoms with E-state index in [9.17, 15) is 12.8 Å². The van der Waals surface area contributed by atoms with Crippen molar-refractivity contribution >= 4 is 21.4 Å².